The van der Waals surface area contributed by atoms with Crippen molar-refractivity contribution >= 4 is 5.91 Å². The first-order valence-electron chi connectivity index (χ1n) is 5.03. The van der Waals surface area contributed by atoms with Crippen molar-refractivity contribution in [2.45, 2.75) is 32.7 Å². The number of hydrogen-bond acceptors (Lipinski definition) is 2. The number of amides is 1. The number of likely N-dealkylation sites (tertiary alicyclic amines) is 1. The van der Waals surface area contributed by atoms with Crippen molar-refractivity contribution in [3.63, 3.8) is 0 Å². The molecule has 3 heteroatoms. The van der Waals surface area contributed by atoms with E-state index in [4.69, 9.17) is 5.73 Å². The fourth-order valence-corrected chi connectivity index (χ4v) is 2.20. The van der Waals surface area contributed by atoms with Gasteiger partial charge in [0.15, 0.2) is 0 Å². The normalized spacial score (nSPS) is 25.8. The molecule has 3 nitrogen and oxygen atoms in total. The first-order chi connectivity index (χ1) is 6.07. The van der Waals surface area contributed by atoms with Crippen LogP contribution in [-0.4, -0.2) is 30.4 Å². The van der Waals surface area contributed by atoms with E-state index in [2.05, 4.69) is 13.8 Å². The van der Waals surface area contributed by atoms with Crippen LogP contribution >= 0.6 is 0 Å². The monoisotopic (exact) mass is 184 g/mol. The maximum atomic E-state index is 11.3. The molecule has 1 aliphatic rings. The van der Waals surface area contributed by atoms with Gasteiger partial charge in [-0.3, -0.25) is 4.79 Å². The highest BCUT2D eigenvalue weighted by atomic mass is 16.2. The molecule has 0 spiro atoms. The highest BCUT2D eigenvalue weighted by Gasteiger charge is 2.34. The summed E-state index contributed by atoms with van der Waals surface area (Å²) >= 11 is 0. The minimum atomic E-state index is 0.268. The van der Waals surface area contributed by atoms with Gasteiger partial charge in [-0.15, -0.1) is 0 Å². The molecule has 2 unspecified atom stereocenters. The fraction of sp³-hybridized carbons (Fsp3) is 0.900. The van der Waals surface area contributed by atoms with Crippen LogP contribution in [0.3, 0.4) is 0 Å². The molecule has 1 heterocycles. The Labute approximate surface area is 80.3 Å². The average Bonchev–Trinajstić information content (AvgIpc) is 2.37. The Hall–Kier alpha value is -0.570. The van der Waals surface area contributed by atoms with Gasteiger partial charge >= 0.3 is 0 Å². The van der Waals surface area contributed by atoms with Gasteiger partial charge in [0.05, 0.1) is 0 Å². The maximum absolute atomic E-state index is 11.3. The topological polar surface area (TPSA) is 46.3 Å². The lowest BCUT2D eigenvalue weighted by atomic mass is 9.87. The van der Waals surface area contributed by atoms with E-state index >= 15 is 0 Å². The van der Waals surface area contributed by atoms with E-state index in [1.807, 2.05) is 11.9 Å². The Morgan fingerprint density at radius 2 is 2.23 bits per heavy atom. The third kappa shape index (κ3) is 2.02. The molecule has 1 rings (SSSR count). The second-order valence-electron chi connectivity index (χ2n) is 4.25. The Morgan fingerprint density at radius 1 is 1.62 bits per heavy atom. The van der Waals surface area contributed by atoms with Crippen molar-refractivity contribution in [2.24, 2.45) is 17.6 Å². The van der Waals surface area contributed by atoms with Crippen LogP contribution in [0.15, 0.2) is 0 Å². The molecule has 2 atom stereocenters. The molecule has 0 aromatic rings. The Balaban J connectivity index is 2.65. The quantitative estimate of drug-likeness (QED) is 0.706. The van der Waals surface area contributed by atoms with Crippen molar-refractivity contribution in [1.82, 2.24) is 4.90 Å². The summed E-state index contributed by atoms with van der Waals surface area (Å²) in [6, 6.07) is 0.373. The van der Waals surface area contributed by atoms with E-state index in [0.29, 0.717) is 30.8 Å². The van der Waals surface area contributed by atoms with Gasteiger partial charge < -0.3 is 10.6 Å². The summed E-state index contributed by atoms with van der Waals surface area (Å²) in [6.07, 6.45) is 1.68. The van der Waals surface area contributed by atoms with E-state index in [1.54, 1.807) is 0 Å². The lowest BCUT2D eigenvalue weighted by Crippen LogP contribution is -2.40. The molecule has 76 valence electrons. The molecule has 0 aromatic carbocycles. The molecule has 0 aromatic heterocycles. The SMILES string of the molecule is CC(C)C(CN)C1CCC(=O)N1C. The summed E-state index contributed by atoms with van der Waals surface area (Å²) in [5, 5.41) is 0. The van der Waals surface area contributed by atoms with Gasteiger partial charge in [0.1, 0.15) is 0 Å². The summed E-state index contributed by atoms with van der Waals surface area (Å²) in [7, 11) is 1.89. The minimum Gasteiger partial charge on any atom is -0.342 e. The van der Waals surface area contributed by atoms with E-state index in [-0.39, 0.29) is 5.91 Å². The maximum Gasteiger partial charge on any atom is 0.222 e. The summed E-state index contributed by atoms with van der Waals surface area (Å²) < 4.78 is 0. The average molecular weight is 184 g/mol. The molecule has 1 saturated heterocycles. The predicted octanol–water partition coefficient (Wildman–Crippen LogP) is 0.838. The van der Waals surface area contributed by atoms with E-state index in [9.17, 15) is 4.79 Å². The molecule has 0 bridgehead atoms. The van der Waals surface area contributed by atoms with Gasteiger partial charge in [0, 0.05) is 19.5 Å². The first-order valence-corrected chi connectivity index (χ1v) is 5.03. The molecule has 1 fully saturated rings. The van der Waals surface area contributed by atoms with E-state index in [0.717, 1.165) is 6.42 Å². The standard InChI is InChI=1S/C10H20N2O/c1-7(2)8(6-11)9-4-5-10(13)12(9)3/h7-9H,4-6,11H2,1-3H3. The van der Waals surface area contributed by atoms with Crippen molar-refractivity contribution < 1.29 is 4.79 Å². The van der Waals surface area contributed by atoms with Gasteiger partial charge in [-0.2, -0.15) is 0 Å². The van der Waals surface area contributed by atoms with Gasteiger partial charge in [0.2, 0.25) is 5.91 Å². The van der Waals surface area contributed by atoms with Crippen molar-refractivity contribution in [1.29, 1.82) is 0 Å². The fourth-order valence-electron chi connectivity index (χ4n) is 2.20. The number of carbonyl (C=O) groups excluding carboxylic acids is 1. The number of carbonyl (C=O) groups is 1. The van der Waals surface area contributed by atoms with Crippen LogP contribution in [0.25, 0.3) is 0 Å². The Morgan fingerprint density at radius 3 is 2.54 bits per heavy atom. The smallest absolute Gasteiger partial charge is 0.222 e. The Bertz CT molecular complexity index is 191. The lowest BCUT2D eigenvalue weighted by Gasteiger charge is -2.30. The molecule has 1 aliphatic heterocycles. The van der Waals surface area contributed by atoms with Gasteiger partial charge in [-0.1, -0.05) is 13.8 Å². The molecule has 0 saturated carbocycles. The van der Waals surface area contributed by atoms with Crippen LogP contribution in [0.5, 0.6) is 0 Å². The summed E-state index contributed by atoms with van der Waals surface area (Å²) in [4.78, 5) is 13.2. The summed E-state index contributed by atoms with van der Waals surface area (Å²) in [5.74, 6) is 1.28. The zero-order valence-electron chi connectivity index (χ0n) is 8.79. The number of nitrogens with zero attached hydrogens (tertiary/aromatic N) is 1. The van der Waals surface area contributed by atoms with Crippen LogP contribution < -0.4 is 5.73 Å². The second-order valence-corrected chi connectivity index (χ2v) is 4.25. The van der Waals surface area contributed by atoms with Crippen LogP contribution in [-0.2, 0) is 4.79 Å². The van der Waals surface area contributed by atoms with Crippen LogP contribution in [0.1, 0.15) is 26.7 Å². The van der Waals surface area contributed by atoms with E-state index in [1.165, 1.54) is 0 Å². The number of nitrogens with two attached hydrogens (primary N) is 1. The molecular weight excluding hydrogens is 164 g/mol. The van der Waals surface area contributed by atoms with Crippen LogP contribution in [0.4, 0.5) is 0 Å². The number of hydrogen-bond donors (Lipinski definition) is 1. The third-order valence-corrected chi connectivity index (χ3v) is 3.17. The number of rotatable bonds is 3. The van der Waals surface area contributed by atoms with Gasteiger partial charge in [-0.25, -0.2) is 0 Å². The molecule has 13 heavy (non-hydrogen) atoms. The molecule has 0 aliphatic carbocycles. The van der Waals surface area contributed by atoms with Gasteiger partial charge in [0.25, 0.3) is 0 Å². The molecule has 0 radical (unpaired) electrons. The molecule has 2 N–H and O–H groups in total. The summed E-state index contributed by atoms with van der Waals surface area (Å²) in [5.41, 5.74) is 5.72. The zero-order chi connectivity index (χ0) is 10.0. The molecule has 1 amide bonds. The predicted molar refractivity (Wildman–Crippen MR) is 53.2 cm³/mol. The largest absolute Gasteiger partial charge is 0.342 e. The van der Waals surface area contributed by atoms with E-state index < -0.39 is 0 Å². The Kier molecular flexibility index (Phi) is 3.31. The van der Waals surface area contributed by atoms with Crippen molar-refractivity contribution in [3.8, 4) is 0 Å². The van der Waals surface area contributed by atoms with Crippen LogP contribution in [0.2, 0.25) is 0 Å². The molecular formula is C10H20N2O. The lowest BCUT2D eigenvalue weighted by molar-refractivity contribution is -0.128. The zero-order valence-corrected chi connectivity index (χ0v) is 8.79. The van der Waals surface area contributed by atoms with Crippen molar-refractivity contribution in [3.05, 3.63) is 0 Å². The van der Waals surface area contributed by atoms with Crippen LogP contribution in [0, 0.1) is 11.8 Å². The highest BCUT2D eigenvalue weighted by molar-refractivity contribution is 5.78. The summed E-state index contributed by atoms with van der Waals surface area (Å²) in [6.45, 7) is 5.03. The van der Waals surface area contributed by atoms with Gasteiger partial charge in [-0.05, 0) is 24.8 Å². The third-order valence-electron chi connectivity index (χ3n) is 3.17. The highest BCUT2D eigenvalue weighted by Crippen LogP contribution is 2.27. The second kappa shape index (κ2) is 4.09. The first kappa shape index (κ1) is 10.5. The minimum absolute atomic E-state index is 0.268. The van der Waals surface area contributed by atoms with Crippen molar-refractivity contribution in [2.75, 3.05) is 13.6 Å².